The lowest BCUT2D eigenvalue weighted by atomic mass is 10.1. The number of rotatable bonds is 7. The Morgan fingerprint density at radius 2 is 1.66 bits per heavy atom. The number of halogens is 1. The molecule has 0 aliphatic carbocycles. The molecule has 0 fully saturated rings. The molecule has 146 valence electrons. The number of hydrogen-bond acceptors (Lipinski definition) is 2. The van der Waals surface area contributed by atoms with Gasteiger partial charge in [0.15, 0.2) is 0 Å². The highest BCUT2D eigenvalue weighted by Gasteiger charge is 2.05. The summed E-state index contributed by atoms with van der Waals surface area (Å²) in [6, 6.07) is 22.7. The van der Waals surface area contributed by atoms with E-state index in [-0.39, 0.29) is 12.2 Å². The molecule has 1 aromatic heterocycles. The van der Waals surface area contributed by atoms with Crippen molar-refractivity contribution in [2.75, 3.05) is 5.32 Å². The molecule has 4 nitrogen and oxygen atoms in total. The van der Waals surface area contributed by atoms with Crippen LogP contribution in [0.5, 0.6) is 0 Å². The average molecular weight is 388 g/mol. The second-order valence-corrected chi connectivity index (χ2v) is 7.00. The van der Waals surface area contributed by atoms with Gasteiger partial charge in [-0.05, 0) is 71.5 Å². The van der Waals surface area contributed by atoms with Crippen molar-refractivity contribution in [2.45, 2.75) is 19.4 Å². The van der Waals surface area contributed by atoms with E-state index in [9.17, 15) is 9.18 Å². The molecule has 0 aliphatic rings. The zero-order valence-corrected chi connectivity index (χ0v) is 15.8. The predicted octanol–water partition coefficient (Wildman–Crippen LogP) is 5.40. The number of hydrogen-bond donors (Lipinski definition) is 2. The first-order chi connectivity index (χ1) is 14.1. The van der Waals surface area contributed by atoms with Crippen LogP contribution in [0.15, 0.2) is 79.0 Å². The lowest BCUT2D eigenvalue weighted by molar-refractivity contribution is -0.136. The number of carbonyl (C=O) groups is 1. The molecular weight excluding hydrogens is 367 g/mol. The van der Waals surface area contributed by atoms with Crippen molar-refractivity contribution in [1.29, 1.82) is 0 Å². The number of nitrogens with one attached hydrogen (secondary N) is 1. The smallest absolute Gasteiger partial charge is 0.303 e. The van der Waals surface area contributed by atoms with E-state index in [2.05, 4.69) is 28.1 Å². The lowest BCUT2D eigenvalue weighted by Gasteiger charge is -2.10. The summed E-state index contributed by atoms with van der Waals surface area (Å²) in [6.45, 7) is 0.666. The van der Waals surface area contributed by atoms with Gasteiger partial charge in [0.1, 0.15) is 5.82 Å². The molecule has 2 N–H and O–H groups in total. The van der Waals surface area contributed by atoms with Gasteiger partial charge in [-0.25, -0.2) is 4.39 Å². The van der Waals surface area contributed by atoms with Crippen LogP contribution in [-0.4, -0.2) is 15.6 Å². The van der Waals surface area contributed by atoms with E-state index in [1.165, 1.54) is 12.1 Å². The van der Waals surface area contributed by atoms with Crippen LogP contribution in [0, 0.1) is 5.82 Å². The van der Waals surface area contributed by atoms with E-state index in [4.69, 9.17) is 5.11 Å². The lowest BCUT2D eigenvalue weighted by Crippen LogP contribution is -2.01. The van der Waals surface area contributed by atoms with E-state index in [0.717, 1.165) is 33.4 Å². The Morgan fingerprint density at radius 1 is 0.931 bits per heavy atom. The molecule has 0 saturated carbocycles. The summed E-state index contributed by atoms with van der Waals surface area (Å²) in [5.41, 5.74) is 5.12. The van der Waals surface area contributed by atoms with Gasteiger partial charge in [-0.15, -0.1) is 0 Å². The number of carboxylic acid groups (broad SMARTS) is 1. The summed E-state index contributed by atoms with van der Waals surface area (Å²) in [6.07, 6.45) is 2.66. The summed E-state index contributed by atoms with van der Waals surface area (Å²) in [4.78, 5) is 10.7. The van der Waals surface area contributed by atoms with Gasteiger partial charge in [0.05, 0.1) is 5.52 Å². The third-order valence-corrected chi connectivity index (χ3v) is 4.94. The zero-order chi connectivity index (χ0) is 20.2. The molecule has 1 heterocycles. The molecule has 0 spiro atoms. The Morgan fingerprint density at radius 3 is 2.38 bits per heavy atom. The van der Waals surface area contributed by atoms with Crippen LogP contribution in [0.3, 0.4) is 0 Å². The van der Waals surface area contributed by atoms with Crippen LogP contribution >= 0.6 is 0 Å². The first-order valence-corrected chi connectivity index (χ1v) is 9.49. The Labute approximate surface area is 168 Å². The minimum atomic E-state index is -0.784. The molecule has 29 heavy (non-hydrogen) atoms. The fraction of sp³-hybridized carbons (Fsp3) is 0.125. The number of nitrogens with zero attached hydrogens (tertiary/aromatic N) is 1. The standard InChI is InChI=1S/C24H21FN2O2/c25-20-6-10-22(11-7-20)27-14-13-19-5-1-18(15-23(19)27)16-26-21-8-2-17(3-9-21)4-12-24(28)29/h1-3,5-11,13-15,26H,4,12,16H2,(H,28,29). The number of carboxylic acids is 1. The molecular formula is C24H21FN2O2. The molecule has 0 amide bonds. The van der Waals surface area contributed by atoms with Gasteiger partial charge in [-0.2, -0.15) is 0 Å². The highest BCUT2D eigenvalue weighted by molar-refractivity contribution is 5.82. The number of aryl methyl sites for hydroxylation is 1. The number of anilines is 1. The van der Waals surface area contributed by atoms with E-state index >= 15 is 0 Å². The van der Waals surface area contributed by atoms with Crippen molar-refractivity contribution in [3.05, 3.63) is 95.9 Å². The highest BCUT2D eigenvalue weighted by Crippen LogP contribution is 2.23. The zero-order valence-electron chi connectivity index (χ0n) is 15.8. The third-order valence-electron chi connectivity index (χ3n) is 4.94. The summed E-state index contributed by atoms with van der Waals surface area (Å²) in [7, 11) is 0. The first kappa shape index (κ1) is 18.7. The number of aliphatic carboxylic acids is 1. The van der Waals surface area contributed by atoms with Crippen LogP contribution in [0.2, 0.25) is 0 Å². The molecule has 0 saturated heterocycles. The highest BCUT2D eigenvalue weighted by atomic mass is 19.1. The normalized spacial score (nSPS) is 10.9. The van der Waals surface area contributed by atoms with E-state index in [0.29, 0.717) is 13.0 Å². The number of aromatic nitrogens is 1. The first-order valence-electron chi connectivity index (χ1n) is 9.49. The monoisotopic (exact) mass is 388 g/mol. The SMILES string of the molecule is O=C(O)CCc1ccc(NCc2ccc3ccn(-c4ccc(F)cc4)c3c2)cc1. The fourth-order valence-electron chi connectivity index (χ4n) is 3.36. The Bertz CT molecular complexity index is 1130. The minimum Gasteiger partial charge on any atom is -0.481 e. The Kier molecular flexibility index (Phi) is 5.29. The van der Waals surface area contributed by atoms with Crippen molar-refractivity contribution < 1.29 is 14.3 Å². The van der Waals surface area contributed by atoms with E-state index in [1.54, 1.807) is 12.1 Å². The van der Waals surface area contributed by atoms with E-state index in [1.807, 2.05) is 36.5 Å². The van der Waals surface area contributed by atoms with Crippen LogP contribution < -0.4 is 5.32 Å². The molecule has 0 bridgehead atoms. The van der Waals surface area contributed by atoms with Gasteiger partial charge in [0.2, 0.25) is 0 Å². The Hall–Kier alpha value is -3.60. The topological polar surface area (TPSA) is 54.3 Å². The third kappa shape index (κ3) is 4.46. The fourth-order valence-corrected chi connectivity index (χ4v) is 3.36. The molecule has 0 aliphatic heterocycles. The van der Waals surface area contributed by atoms with Gasteiger partial charge in [0, 0.05) is 30.5 Å². The molecule has 3 aromatic carbocycles. The largest absolute Gasteiger partial charge is 0.481 e. The van der Waals surface area contributed by atoms with Crippen LogP contribution in [0.1, 0.15) is 17.5 Å². The molecule has 0 radical (unpaired) electrons. The molecule has 0 unspecified atom stereocenters. The maximum Gasteiger partial charge on any atom is 0.303 e. The van der Waals surface area contributed by atoms with Crippen molar-refractivity contribution in [3.8, 4) is 5.69 Å². The minimum absolute atomic E-state index is 0.139. The average Bonchev–Trinajstić information content (AvgIpc) is 3.15. The maximum absolute atomic E-state index is 13.2. The summed E-state index contributed by atoms with van der Waals surface area (Å²) >= 11 is 0. The molecule has 4 rings (SSSR count). The van der Waals surface area contributed by atoms with Crippen LogP contribution in [-0.2, 0) is 17.8 Å². The van der Waals surface area contributed by atoms with Gasteiger partial charge < -0.3 is 15.0 Å². The van der Waals surface area contributed by atoms with Crippen molar-refractivity contribution in [1.82, 2.24) is 4.57 Å². The quantitative estimate of drug-likeness (QED) is 0.446. The summed E-state index contributed by atoms with van der Waals surface area (Å²) in [5, 5.41) is 13.3. The molecule has 4 aromatic rings. The van der Waals surface area contributed by atoms with Gasteiger partial charge in [-0.1, -0.05) is 24.3 Å². The van der Waals surface area contributed by atoms with Gasteiger partial charge in [-0.3, -0.25) is 4.79 Å². The maximum atomic E-state index is 13.2. The summed E-state index contributed by atoms with van der Waals surface area (Å²) in [5.74, 6) is -1.03. The van der Waals surface area contributed by atoms with Crippen molar-refractivity contribution >= 4 is 22.6 Å². The number of benzene rings is 3. The Balaban J connectivity index is 1.48. The predicted molar refractivity (Wildman–Crippen MR) is 113 cm³/mol. The van der Waals surface area contributed by atoms with Gasteiger partial charge >= 0.3 is 5.97 Å². The van der Waals surface area contributed by atoms with Crippen LogP contribution in [0.25, 0.3) is 16.6 Å². The van der Waals surface area contributed by atoms with Gasteiger partial charge in [0.25, 0.3) is 0 Å². The second kappa shape index (κ2) is 8.19. The number of fused-ring (bicyclic) bond motifs is 1. The molecule has 0 atom stereocenters. The van der Waals surface area contributed by atoms with E-state index < -0.39 is 5.97 Å². The molecule has 5 heteroatoms. The van der Waals surface area contributed by atoms with Crippen molar-refractivity contribution in [2.24, 2.45) is 0 Å². The summed E-state index contributed by atoms with van der Waals surface area (Å²) < 4.78 is 15.3. The van der Waals surface area contributed by atoms with Crippen molar-refractivity contribution in [3.63, 3.8) is 0 Å². The van der Waals surface area contributed by atoms with Crippen LogP contribution in [0.4, 0.5) is 10.1 Å². The second-order valence-electron chi connectivity index (χ2n) is 7.00.